The lowest BCUT2D eigenvalue weighted by Gasteiger charge is -2.14. The zero-order chi connectivity index (χ0) is 42.1. The summed E-state index contributed by atoms with van der Waals surface area (Å²) in [6, 6.07) is 53.3. The first-order valence-electron chi connectivity index (χ1n) is 20.8. The summed E-state index contributed by atoms with van der Waals surface area (Å²) in [5.41, 5.74) is 13.6. The van der Waals surface area contributed by atoms with Crippen LogP contribution in [0.1, 0.15) is 0 Å². The van der Waals surface area contributed by atoms with Gasteiger partial charge < -0.3 is 8.83 Å². The van der Waals surface area contributed by atoms with Gasteiger partial charge in [-0.3, -0.25) is 19.9 Å². The van der Waals surface area contributed by atoms with Crippen molar-refractivity contribution in [1.29, 1.82) is 0 Å². The summed E-state index contributed by atoms with van der Waals surface area (Å²) in [6.07, 6.45) is 6.73. The topological polar surface area (TPSA) is 129 Å². The van der Waals surface area contributed by atoms with E-state index in [0.717, 1.165) is 93.8 Å². The van der Waals surface area contributed by atoms with Crippen LogP contribution in [0.5, 0.6) is 0 Å². The number of furan rings is 1. The zero-order valence-electron chi connectivity index (χ0n) is 33.7. The highest BCUT2D eigenvalue weighted by atomic mass is 16.4. The fourth-order valence-corrected chi connectivity index (χ4v) is 8.85. The van der Waals surface area contributed by atoms with Crippen molar-refractivity contribution in [2.75, 3.05) is 0 Å². The fraction of sp³-hybridized carbons (Fsp3) is 0. The van der Waals surface area contributed by atoms with Gasteiger partial charge >= 0.3 is 0 Å². The van der Waals surface area contributed by atoms with Crippen molar-refractivity contribution >= 4 is 65.9 Å². The molecule has 8 aromatic carbocycles. The average Bonchev–Trinajstić information content (AvgIpc) is 3.96. The number of aromatic nitrogens is 8. The number of hydrogen-bond acceptors (Lipinski definition) is 10. The smallest absolute Gasteiger partial charge is 0.227 e. The molecule has 0 aliphatic heterocycles. The molecule has 0 unspecified atom stereocenters. The first kappa shape index (κ1) is 35.7. The van der Waals surface area contributed by atoms with Crippen LogP contribution in [0.15, 0.2) is 191 Å². The molecule has 64 heavy (non-hydrogen) atoms. The van der Waals surface area contributed by atoms with Crippen LogP contribution in [0.25, 0.3) is 134 Å². The van der Waals surface area contributed by atoms with E-state index < -0.39 is 0 Å². The number of hydrogen-bond donors (Lipinski definition) is 0. The van der Waals surface area contributed by atoms with Gasteiger partial charge in [0.1, 0.15) is 16.7 Å². The Bertz CT molecular complexity index is 3870. The minimum atomic E-state index is 0.486. The van der Waals surface area contributed by atoms with Gasteiger partial charge in [0.2, 0.25) is 5.89 Å². The highest BCUT2D eigenvalue weighted by Gasteiger charge is 2.20. The maximum Gasteiger partial charge on any atom is 0.227 e. The summed E-state index contributed by atoms with van der Waals surface area (Å²) in [5.74, 6) is 2.08. The van der Waals surface area contributed by atoms with Gasteiger partial charge in [-0.05, 0) is 81.6 Å². The Hall–Kier alpha value is -9.02. The van der Waals surface area contributed by atoms with Crippen molar-refractivity contribution in [3.8, 4) is 67.9 Å². The third kappa shape index (κ3) is 5.81. The summed E-state index contributed by atoms with van der Waals surface area (Å²) < 4.78 is 12.8. The highest BCUT2D eigenvalue weighted by molar-refractivity contribution is 6.18. The Morgan fingerprint density at radius 1 is 0.312 bits per heavy atom. The molecule has 13 aromatic rings. The molecule has 0 spiro atoms. The Morgan fingerprint density at radius 2 is 0.906 bits per heavy atom. The first-order valence-corrected chi connectivity index (χ1v) is 20.8. The lowest BCUT2D eigenvalue weighted by atomic mass is 9.90. The molecule has 298 valence electrons. The van der Waals surface area contributed by atoms with Gasteiger partial charge in [0.15, 0.2) is 23.1 Å². The second-order valence-corrected chi connectivity index (χ2v) is 15.5. The Morgan fingerprint density at radius 3 is 1.62 bits per heavy atom. The van der Waals surface area contributed by atoms with E-state index in [2.05, 4.69) is 98.8 Å². The molecule has 0 saturated carbocycles. The third-order valence-electron chi connectivity index (χ3n) is 11.8. The molecule has 0 fully saturated rings. The number of benzene rings is 8. The average molecular weight is 823 g/mol. The maximum absolute atomic E-state index is 6.49. The summed E-state index contributed by atoms with van der Waals surface area (Å²) in [7, 11) is 0. The van der Waals surface area contributed by atoms with E-state index >= 15 is 0 Å². The van der Waals surface area contributed by atoms with E-state index in [-0.39, 0.29) is 0 Å². The Kier molecular flexibility index (Phi) is 7.97. The second-order valence-electron chi connectivity index (χ2n) is 15.5. The molecule has 0 atom stereocenters. The molecule has 0 saturated heterocycles. The molecule has 10 nitrogen and oxygen atoms in total. The maximum atomic E-state index is 6.49. The summed E-state index contributed by atoms with van der Waals surface area (Å²) in [6.45, 7) is 0. The standard InChI is InChI=1S/C54H30N8O2/c1-2-9-33(10-3-1)54-59-44-30-46-41(29-47(44)64-54)48-38(13-8-18-45(48)63-46)37-24-23-34(35-11-4-5-12-36(35)37)31-19-21-32(22-20-31)51-60-52(39-14-6-16-42-49(39)57-27-25-55-42)62-53(61-51)40-15-7-17-43-50(40)58-28-26-56-43/h1-30H. The molecular formula is C54H30N8O2. The summed E-state index contributed by atoms with van der Waals surface area (Å²) >= 11 is 0. The van der Waals surface area contributed by atoms with Crippen LogP contribution in [-0.2, 0) is 0 Å². The van der Waals surface area contributed by atoms with E-state index in [4.69, 9.17) is 28.8 Å². The summed E-state index contributed by atoms with van der Waals surface area (Å²) in [4.78, 5) is 38.3. The van der Waals surface area contributed by atoms with Crippen molar-refractivity contribution in [1.82, 2.24) is 39.9 Å². The van der Waals surface area contributed by atoms with Gasteiger partial charge in [-0.1, -0.05) is 103 Å². The van der Waals surface area contributed by atoms with Crippen molar-refractivity contribution < 1.29 is 8.83 Å². The highest BCUT2D eigenvalue weighted by Crippen LogP contribution is 2.43. The van der Waals surface area contributed by atoms with E-state index in [9.17, 15) is 0 Å². The van der Waals surface area contributed by atoms with Crippen LogP contribution >= 0.6 is 0 Å². The SMILES string of the molecule is c1ccc(-c2nc3cc4oc5cccc(-c6ccc(-c7ccc(-c8nc(-c9cccc%10nccnc9%10)nc(-c9cccc%10nccnc9%10)n8)cc7)c7ccccc67)c5c4cc3o2)cc1. The van der Waals surface area contributed by atoms with Crippen LogP contribution in [0.4, 0.5) is 0 Å². The van der Waals surface area contributed by atoms with Crippen LogP contribution in [0.2, 0.25) is 0 Å². The first-order chi connectivity index (χ1) is 31.7. The predicted octanol–water partition coefficient (Wildman–Crippen LogP) is 13.0. The van der Waals surface area contributed by atoms with Crippen molar-refractivity contribution in [2.24, 2.45) is 0 Å². The predicted molar refractivity (Wildman–Crippen MR) is 251 cm³/mol. The largest absolute Gasteiger partial charge is 0.456 e. The lowest BCUT2D eigenvalue weighted by Crippen LogP contribution is -2.02. The van der Waals surface area contributed by atoms with Crippen molar-refractivity contribution in [3.63, 3.8) is 0 Å². The van der Waals surface area contributed by atoms with Gasteiger partial charge in [0, 0.05) is 63.9 Å². The molecule has 0 bridgehead atoms. The number of rotatable bonds is 6. The molecular weight excluding hydrogens is 793 g/mol. The van der Waals surface area contributed by atoms with Crippen molar-refractivity contribution in [2.45, 2.75) is 0 Å². The number of fused-ring (bicyclic) bond motifs is 7. The van der Waals surface area contributed by atoms with Crippen LogP contribution in [-0.4, -0.2) is 39.9 Å². The normalized spacial score (nSPS) is 11.8. The molecule has 0 aliphatic rings. The quantitative estimate of drug-likeness (QED) is 0.160. The molecule has 0 aliphatic carbocycles. The Balaban J connectivity index is 0.917. The number of oxazole rings is 1. The monoisotopic (exact) mass is 822 g/mol. The third-order valence-corrected chi connectivity index (χ3v) is 11.8. The lowest BCUT2D eigenvalue weighted by molar-refractivity contribution is 0.620. The van der Waals surface area contributed by atoms with E-state index in [1.54, 1.807) is 24.8 Å². The summed E-state index contributed by atoms with van der Waals surface area (Å²) in [5, 5.41) is 4.26. The minimum Gasteiger partial charge on any atom is -0.456 e. The molecule has 5 aromatic heterocycles. The number of para-hydroxylation sites is 2. The molecule has 0 N–H and O–H groups in total. The van der Waals surface area contributed by atoms with Crippen LogP contribution in [0, 0.1) is 0 Å². The van der Waals surface area contributed by atoms with Crippen molar-refractivity contribution in [3.05, 3.63) is 183 Å². The second kappa shape index (κ2) is 14.3. The van der Waals surface area contributed by atoms with E-state index in [0.29, 0.717) is 40.0 Å². The molecule has 10 heteroatoms. The van der Waals surface area contributed by atoms with Gasteiger partial charge in [-0.2, -0.15) is 0 Å². The molecule has 13 rings (SSSR count). The van der Waals surface area contributed by atoms with Crippen LogP contribution in [0.3, 0.4) is 0 Å². The van der Waals surface area contributed by atoms with Gasteiger partial charge in [0.05, 0.1) is 22.1 Å². The zero-order valence-corrected chi connectivity index (χ0v) is 33.7. The van der Waals surface area contributed by atoms with E-state index in [1.807, 2.05) is 78.9 Å². The number of nitrogens with zero attached hydrogens (tertiary/aromatic N) is 8. The van der Waals surface area contributed by atoms with Crippen LogP contribution < -0.4 is 0 Å². The minimum absolute atomic E-state index is 0.486. The Labute approximate surface area is 363 Å². The molecule has 0 amide bonds. The van der Waals surface area contributed by atoms with Gasteiger partial charge in [-0.25, -0.2) is 19.9 Å². The molecule has 0 radical (unpaired) electrons. The van der Waals surface area contributed by atoms with E-state index in [1.165, 1.54) is 0 Å². The van der Waals surface area contributed by atoms with Gasteiger partial charge in [0.25, 0.3) is 0 Å². The molecule has 5 heterocycles. The van der Waals surface area contributed by atoms with Gasteiger partial charge in [-0.15, -0.1) is 0 Å². The fourth-order valence-electron chi connectivity index (χ4n) is 8.85.